The third-order valence-electron chi connectivity index (χ3n) is 5.12. The first kappa shape index (κ1) is 21.9. The van der Waals surface area contributed by atoms with Crippen LogP contribution in [0, 0.1) is 18.3 Å². The Kier molecular flexibility index (Phi) is 7.47. The van der Waals surface area contributed by atoms with E-state index in [4.69, 9.17) is 4.74 Å². The number of carbonyl (C=O) groups excluding carboxylic acids is 1. The van der Waals surface area contributed by atoms with E-state index in [1.165, 1.54) is 5.56 Å². The van der Waals surface area contributed by atoms with Crippen molar-refractivity contribution in [1.82, 2.24) is 10.6 Å². The lowest BCUT2D eigenvalue weighted by Crippen LogP contribution is -2.45. The number of amides is 1. The minimum Gasteiger partial charge on any atom is -0.373 e. The molecule has 0 aromatic heterocycles. The number of hydrogen-bond acceptors (Lipinski definition) is 3. The average molecular weight is 375 g/mol. The van der Waals surface area contributed by atoms with Gasteiger partial charge in [-0.15, -0.1) is 0 Å². The highest BCUT2D eigenvalue weighted by molar-refractivity contribution is 5.84. The predicted molar refractivity (Wildman–Crippen MR) is 112 cm³/mol. The summed E-state index contributed by atoms with van der Waals surface area (Å²) in [4.78, 5) is 13.2. The predicted octanol–water partition coefficient (Wildman–Crippen LogP) is 4.04. The van der Waals surface area contributed by atoms with E-state index < -0.39 is 0 Å². The van der Waals surface area contributed by atoms with Gasteiger partial charge in [0.25, 0.3) is 0 Å². The van der Waals surface area contributed by atoms with Gasteiger partial charge in [0.15, 0.2) is 0 Å². The van der Waals surface area contributed by atoms with Crippen LogP contribution in [0.5, 0.6) is 0 Å². The van der Waals surface area contributed by atoms with Crippen LogP contribution in [0.4, 0.5) is 0 Å². The molecule has 1 atom stereocenters. The van der Waals surface area contributed by atoms with E-state index in [0.29, 0.717) is 19.1 Å². The molecule has 152 valence electrons. The molecule has 1 aromatic rings. The smallest absolute Gasteiger partial charge is 0.227 e. The first-order chi connectivity index (χ1) is 12.6. The van der Waals surface area contributed by atoms with Gasteiger partial charge in [-0.2, -0.15) is 0 Å². The third-order valence-corrected chi connectivity index (χ3v) is 5.12. The fourth-order valence-electron chi connectivity index (χ4n) is 3.55. The van der Waals surface area contributed by atoms with Crippen LogP contribution in [0.25, 0.3) is 0 Å². The lowest BCUT2D eigenvalue weighted by atomic mass is 9.79. The van der Waals surface area contributed by atoms with E-state index in [9.17, 15) is 4.79 Å². The minimum atomic E-state index is -0.381. The molecule has 4 nitrogen and oxygen atoms in total. The Bertz CT molecular complexity index is 613. The molecular formula is C23H38N2O2. The van der Waals surface area contributed by atoms with Crippen LogP contribution >= 0.6 is 0 Å². The second-order valence-electron chi connectivity index (χ2n) is 9.81. The maximum absolute atomic E-state index is 13.2. The SMILES string of the molecule is Cc1cccc(C(C(=O)NCC(C)(C)OCC(C)(C)C)C2CCNCC2)c1. The van der Waals surface area contributed by atoms with Crippen LogP contribution in [-0.4, -0.2) is 37.7 Å². The van der Waals surface area contributed by atoms with Crippen molar-refractivity contribution in [3.8, 4) is 0 Å². The summed E-state index contributed by atoms with van der Waals surface area (Å²) in [6.45, 7) is 15.8. The highest BCUT2D eigenvalue weighted by Gasteiger charge is 2.32. The number of ether oxygens (including phenoxy) is 1. The zero-order valence-electron chi connectivity index (χ0n) is 18.0. The number of aryl methyl sites for hydroxylation is 1. The van der Waals surface area contributed by atoms with Crippen LogP contribution in [0.15, 0.2) is 24.3 Å². The van der Waals surface area contributed by atoms with Gasteiger partial charge in [0.1, 0.15) is 0 Å². The van der Waals surface area contributed by atoms with Crippen molar-refractivity contribution in [3.05, 3.63) is 35.4 Å². The van der Waals surface area contributed by atoms with Crippen molar-refractivity contribution < 1.29 is 9.53 Å². The molecule has 27 heavy (non-hydrogen) atoms. The summed E-state index contributed by atoms with van der Waals surface area (Å²) in [6.07, 6.45) is 2.08. The summed E-state index contributed by atoms with van der Waals surface area (Å²) < 4.78 is 6.07. The number of benzene rings is 1. The molecule has 4 heteroatoms. The average Bonchev–Trinajstić information content (AvgIpc) is 2.59. The molecule has 2 N–H and O–H groups in total. The maximum atomic E-state index is 13.2. The van der Waals surface area contributed by atoms with E-state index in [2.05, 4.69) is 62.6 Å². The van der Waals surface area contributed by atoms with E-state index >= 15 is 0 Å². The number of carbonyl (C=O) groups is 1. The van der Waals surface area contributed by atoms with E-state index in [1.54, 1.807) is 0 Å². The molecule has 1 aromatic carbocycles. The van der Waals surface area contributed by atoms with Crippen LogP contribution in [-0.2, 0) is 9.53 Å². The van der Waals surface area contributed by atoms with Crippen LogP contribution in [0.2, 0.25) is 0 Å². The first-order valence-electron chi connectivity index (χ1n) is 10.3. The monoisotopic (exact) mass is 374 g/mol. The third kappa shape index (κ3) is 7.27. The van der Waals surface area contributed by atoms with Crippen molar-refractivity contribution in [2.75, 3.05) is 26.2 Å². The van der Waals surface area contributed by atoms with Gasteiger partial charge in [-0.05, 0) is 63.6 Å². The number of nitrogens with one attached hydrogen (secondary N) is 2. The molecule has 1 amide bonds. The lowest BCUT2D eigenvalue weighted by molar-refractivity contribution is -0.126. The molecule has 1 heterocycles. The van der Waals surface area contributed by atoms with Crippen molar-refractivity contribution in [3.63, 3.8) is 0 Å². The van der Waals surface area contributed by atoms with Gasteiger partial charge in [-0.3, -0.25) is 4.79 Å². The molecule has 0 aliphatic carbocycles. The van der Waals surface area contributed by atoms with Crippen molar-refractivity contribution in [2.45, 2.75) is 65.9 Å². The van der Waals surface area contributed by atoms with Gasteiger partial charge in [0, 0.05) is 6.54 Å². The Hall–Kier alpha value is -1.39. The second-order valence-corrected chi connectivity index (χ2v) is 9.81. The Morgan fingerprint density at radius 2 is 1.89 bits per heavy atom. The first-order valence-corrected chi connectivity index (χ1v) is 10.3. The fourth-order valence-corrected chi connectivity index (χ4v) is 3.55. The summed E-state index contributed by atoms with van der Waals surface area (Å²) >= 11 is 0. The second kappa shape index (κ2) is 9.20. The molecule has 0 radical (unpaired) electrons. The van der Waals surface area contributed by atoms with E-state index in [-0.39, 0.29) is 22.8 Å². The maximum Gasteiger partial charge on any atom is 0.227 e. The molecule has 1 unspecified atom stereocenters. The van der Waals surface area contributed by atoms with Gasteiger partial charge < -0.3 is 15.4 Å². The highest BCUT2D eigenvalue weighted by atomic mass is 16.5. The zero-order chi connectivity index (χ0) is 20.1. The topological polar surface area (TPSA) is 50.4 Å². The zero-order valence-corrected chi connectivity index (χ0v) is 18.0. The Morgan fingerprint density at radius 3 is 2.48 bits per heavy atom. The molecule has 1 saturated heterocycles. The summed E-state index contributed by atoms with van der Waals surface area (Å²) in [5.74, 6) is 0.414. The normalized spacial score (nSPS) is 17.6. The van der Waals surface area contributed by atoms with Gasteiger partial charge in [0.05, 0.1) is 18.1 Å². The minimum absolute atomic E-state index is 0.0922. The fraction of sp³-hybridized carbons (Fsp3) is 0.696. The quantitative estimate of drug-likeness (QED) is 0.757. The molecule has 1 aliphatic heterocycles. The molecular weight excluding hydrogens is 336 g/mol. The number of hydrogen-bond donors (Lipinski definition) is 2. The largest absolute Gasteiger partial charge is 0.373 e. The van der Waals surface area contributed by atoms with E-state index in [1.807, 2.05) is 13.8 Å². The van der Waals surface area contributed by atoms with Crippen LogP contribution < -0.4 is 10.6 Å². The van der Waals surface area contributed by atoms with Crippen LogP contribution in [0.1, 0.15) is 64.5 Å². The summed E-state index contributed by atoms with van der Waals surface area (Å²) in [5.41, 5.74) is 2.07. The molecule has 1 aliphatic rings. The van der Waals surface area contributed by atoms with Gasteiger partial charge in [-0.25, -0.2) is 0 Å². The number of rotatable bonds is 7. The van der Waals surface area contributed by atoms with Crippen molar-refractivity contribution in [2.24, 2.45) is 11.3 Å². The molecule has 0 bridgehead atoms. The standard InChI is InChI=1S/C23H38N2O2/c1-17-8-7-9-19(14-17)20(18-10-12-24-13-11-18)21(26)25-15-23(5,6)27-16-22(2,3)4/h7-9,14,18,20,24H,10-13,15-16H2,1-6H3,(H,25,26). The Morgan fingerprint density at radius 1 is 1.22 bits per heavy atom. The molecule has 0 spiro atoms. The lowest BCUT2D eigenvalue weighted by Gasteiger charge is -2.33. The Balaban J connectivity index is 2.07. The van der Waals surface area contributed by atoms with Crippen molar-refractivity contribution >= 4 is 5.91 Å². The number of piperidine rings is 1. The van der Waals surface area contributed by atoms with E-state index in [0.717, 1.165) is 31.5 Å². The molecule has 1 fully saturated rings. The van der Waals surface area contributed by atoms with Gasteiger partial charge >= 0.3 is 0 Å². The van der Waals surface area contributed by atoms with Gasteiger partial charge in [-0.1, -0.05) is 50.6 Å². The molecule has 2 rings (SSSR count). The van der Waals surface area contributed by atoms with Crippen LogP contribution in [0.3, 0.4) is 0 Å². The molecule has 0 saturated carbocycles. The Labute approximate surface area is 165 Å². The van der Waals surface area contributed by atoms with Crippen molar-refractivity contribution in [1.29, 1.82) is 0 Å². The highest BCUT2D eigenvalue weighted by Crippen LogP contribution is 2.32. The summed E-state index contributed by atoms with van der Waals surface area (Å²) in [6, 6.07) is 8.40. The van der Waals surface area contributed by atoms with Gasteiger partial charge in [0.2, 0.25) is 5.91 Å². The summed E-state index contributed by atoms with van der Waals surface area (Å²) in [5, 5.41) is 6.60. The summed E-state index contributed by atoms with van der Waals surface area (Å²) in [7, 11) is 0.